The Morgan fingerprint density at radius 2 is 1.82 bits per heavy atom. The van der Waals surface area contributed by atoms with E-state index in [0.29, 0.717) is 31.8 Å². The fraction of sp³-hybridized carbons (Fsp3) is 0.655. The van der Waals surface area contributed by atoms with Crippen LogP contribution in [0.2, 0.25) is 0 Å². The number of fused-ring (bicyclic) bond motifs is 1. The van der Waals surface area contributed by atoms with Gasteiger partial charge in [0, 0.05) is 43.5 Å². The van der Waals surface area contributed by atoms with E-state index in [1.807, 2.05) is 12.1 Å². The topological polar surface area (TPSA) is 150 Å². The van der Waals surface area contributed by atoms with Gasteiger partial charge in [-0.3, -0.25) is 19.6 Å². The number of nitrogens with zero attached hydrogens (tertiary/aromatic N) is 3. The maximum atomic E-state index is 13.4. The van der Waals surface area contributed by atoms with Crippen LogP contribution in [0.25, 0.3) is 10.9 Å². The first-order valence-corrected chi connectivity index (χ1v) is 14.3. The zero-order chi connectivity index (χ0) is 27.4. The number of hydrogen-bond donors (Lipinski definition) is 4. The Balaban J connectivity index is 1.60. The molecule has 1 saturated carbocycles. The average Bonchev–Trinajstić information content (AvgIpc) is 2.91. The number of ketones is 1. The Morgan fingerprint density at radius 3 is 2.53 bits per heavy atom. The molecule has 0 aromatic carbocycles. The van der Waals surface area contributed by atoms with E-state index >= 15 is 0 Å². The third kappa shape index (κ3) is 9.38. The number of Topliss-reactive ketones (excluding diaryl/α,β-unsaturated/α-hetero) is 1. The van der Waals surface area contributed by atoms with Gasteiger partial charge >= 0.3 is 0 Å². The number of quaternary nitrogens is 1. The summed E-state index contributed by atoms with van der Waals surface area (Å²) in [6.07, 6.45) is 14.6. The van der Waals surface area contributed by atoms with Crippen molar-refractivity contribution >= 4 is 22.6 Å². The standard InChI is InChI=1S/C29H47N7O2/c1-36(16-12-30,17-13-31)15-5-8-25(32)29(38)35-27(10-9-22-6-3-2-4-7-22)28(37)19-23-18-24-21-33-14-11-26(24)34-20-23/h11,14,18,20-22,25,27H,2-10,12-13,15-17,19,30-32H2,1H3/p+1/t25-,27-/m0/s1. The molecule has 0 saturated heterocycles. The highest BCUT2D eigenvalue weighted by molar-refractivity contribution is 5.92. The Bertz CT molecular complexity index is 1020. The molecular formula is C29H48N7O2+. The number of nitrogens with two attached hydrogens (primary N) is 3. The smallest absolute Gasteiger partial charge is 0.237 e. The van der Waals surface area contributed by atoms with E-state index in [9.17, 15) is 9.59 Å². The molecule has 7 N–H and O–H groups in total. The predicted molar refractivity (Wildman–Crippen MR) is 152 cm³/mol. The summed E-state index contributed by atoms with van der Waals surface area (Å²) in [4.78, 5) is 35.2. The van der Waals surface area contributed by atoms with Gasteiger partial charge in [-0.1, -0.05) is 32.1 Å². The predicted octanol–water partition coefficient (Wildman–Crippen LogP) is 2.06. The molecule has 0 spiro atoms. The van der Waals surface area contributed by atoms with E-state index in [1.165, 1.54) is 32.1 Å². The fourth-order valence-corrected chi connectivity index (χ4v) is 5.69. The third-order valence-corrected chi connectivity index (χ3v) is 8.10. The van der Waals surface area contributed by atoms with E-state index < -0.39 is 12.1 Å². The molecule has 9 nitrogen and oxygen atoms in total. The van der Waals surface area contributed by atoms with Gasteiger partial charge in [0.15, 0.2) is 5.78 Å². The van der Waals surface area contributed by atoms with Crippen LogP contribution in [0.15, 0.2) is 30.7 Å². The van der Waals surface area contributed by atoms with Crippen LogP contribution in [-0.4, -0.2) is 78.0 Å². The molecule has 1 aliphatic carbocycles. The number of aromatic nitrogens is 2. The maximum absolute atomic E-state index is 13.4. The van der Waals surface area contributed by atoms with Crippen LogP contribution in [0.3, 0.4) is 0 Å². The Hall–Kier alpha value is -2.46. The minimum atomic E-state index is -0.655. The molecule has 2 atom stereocenters. The van der Waals surface area contributed by atoms with Crippen molar-refractivity contribution in [2.75, 3.05) is 39.8 Å². The molecular weight excluding hydrogens is 478 g/mol. The van der Waals surface area contributed by atoms with Gasteiger partial charge in [-0.05, 0) is 49.3 Å². The lowest BCUT2D eigenvalue weighted by Crippen LogP contribution is -2.52. The molecule has 3 rings (SSSR count). The van der Waals surface area contributed by atoms with Crippen LogP contribution in [0.5, 0.6) is 0 Å². The number of carbonyl (C=O) groups is 2. The van der Waals surface area contributed by atoms with Crippen molar-refractivity contribution in [2.45, 2.75) is 76.3 Å². The van der Waals surface area contributed by atoms with Crippen molar-refractivity contribution in [2.24, 2.45) is 23.1 Å². The van der Waals surface area contributed by atoms with Crippen LogP contribution in [0, 0.1) is 5.92 Å². The largest absolute Gasteiger partial charge is 0.345 e. The zero-order valence-electron chi connectivity index (χ0n) is 23.1. The number of likely N-dealkylation sites (N-methyl/N-ethyl adjacent to an activating group) is 1. The second kappa shape index (κ2) is 15.2. The Kier molecular flexibility index (Phi) is 12.0. The Morgan fingerprint density at radius 1 is 1.08 bits per heavy atom. The summed E-state index contributed by atoms with van der Waals surface area (Å²) in [6.45, 7) is 3.74. The number of nitrogens with one attached hydrogen (secondary N) is 1. The molecule has 1 amide bonds. The molecule has 2 heterocycles. The maximum Gasteiger partial charge on any atom is 0.237 e. The molecule has 1 fully saturated rings. The van der Waals surface area contributed by atoms with Crippen LogP contribution in [-0.2, 0) is 16.0 Å². The summed E-state index contributed by atoms with van der Waals surface area (Å²) >= 11 is 0. The molecule has 38 heavy (non-hydrogen) atoms. The summed E-state index contributed by atoms with van der Waals surface area (Å²) in [5.41, 5.74) is 19.5. The van der Waals surface area contributed by atoms with Gasteiger partial charge in [0.2, 0.25) is 5.91 Å². The van der Waals surface area contributed by atoms with Crippen molar-refractivity contribution in [3.63, 3.8) is 0 Å². The van der Waals surface area contributed by atoms with Crippen molar-refractivity contribution in [3.05, 3.63) is 36.3 Å². The van der Waals surface area contributed by atoms with Gasteiger partial charge in [-0.2, -0.15) is 0 Å². The van der Waals surface area contributed by atoms with E-state index in [0.717, 1.165) is 53.4 Å². The van der Waals surface area contributed by atoms with E-state index in [-0.39, 0.29) is 18.1 Å². The molecule has 2 aromatic heterocycles. The minimum Gasteiger partial charge on any atom is -0.345 e. The van der Waals surface area contributed by atoms with E-state index in [4.69, 9.17) is 17.2 Å². The lowest BCUT2D eigenvalue weighted by Gasteiger charge is -2.34. The molecule has 1 aliphatic rings. The molecule has 210 valence electrons. The monoisotopic (exact) mass is 526 g/mol. The first-order chi connectivity index (χ1) is 18.3. The summed E-state index contributed by atoms with van der Waals surface area (Å²) in [5.74, 6) is 0.375. The Labute approximate surface area is 227 Å². The number of amides is 1. The lowest BCUT2D eigenvalue weighted by molar-refractivity contribution is -0.907. The lowest BCUT2D eigenvalue weighted by atomic mass is 9.84. The summed E-state index contributed by atoms with van der Waals surface area (Å²) in [5, 5.41) is 3.92. The van der Waals surface area contributed by atoms with Crippen molar-refractivity contribution in [1.82, 2.24) is 15.3 Å². The third-order valence-electron chi connectivity index (χ3n) is 8.10. The summed E-state index contributed by atoms with van der Waals surface area (Å²) in [6, 6.07) is 2.60. The van der Waals surface area contributed by atoms with Crippen LogP contribution >= 0.6 is 0 Å². The number of rotatable bonds is 16. The molecule has 2 aromatic rings. The van der Waals surface area contributed by atoms with Crippen molar-refractivity contribution in [3.8, 4) is 0 Å². The molecule has 0 bridgehead atoms. The number of pyridine rings is 2. The number of hydrogen-bond acceptors (Lipinski definition) is 7. The van der Waals surface area contributed by atoms with Gasteiger partial charge in [-0.25, -0.2) is 0 Å². The first kappa shape index (κ1) is 30.1. The van der Waals surface area contributed by atoms with Crippen LogP contribution < -0.4 is 22.5 Å². The number of carbonyl (C=O) groups excluding carboxylic acids is 2. The summed E-state index contributed by atoms with van der Waals surface area (Å²) in [7, 11) is 2.14. The SMILES string of the molecule is C[N+](CCN)(CCN)CCC[C@H](N)C(=O)N[C@@H](CCC1CCCCC1)C(=O)Cc1cnc2ccncc2c1. The minimum absolute atomic E-state index is 0.00142. The highest BCUT2D eigenvalue weighted by atomic mass is 16.2. The highest BCUT2D eigenvalue weighted by Gasteiger charge is 2.26. The highest BCUT2D eigenvalue weighted by Crippen LogP contribution is 2.28. The molecule has 9 heteroatoms. The molecule has 0 radical (unpaired) electrons. The van der Waals surface area contributed by atoms with E-state index in [1.54, 1.807) is 18.6 Å². The van der Waals surface area contributed by atoms with Gasteiger partial charge < -0.3 is 27.0 Å². The molecule has 0 aliphatic heterocycles. The van der Waals surface area contributed by atoms with Gasteiger partial charge in [-0.15, -0.1) is 0 Å². The van der Waals surface area contributed by atoms with Gasteiger partial charge in [0.05, 0.1) is 44.3 Å². The van der Waals surface area contributed by atoms with Crippen molar-refractivity contribution < 1.29 is 14.1 Å². The normalized spacial score (nSPS) is 16.3. The van der Waals surface area contributed by atoms with Crippen molar-refractivity contribution in [1.29, 1.82) is 0 Å². The second-order valence-electron chi connectivity index (χ2n) is 11.3. The van der Waals surface area contributed by atoms with Gasteiger partial charge in [0.1, 0.15) is 0 Å². The quantitative estimate of drug-likeness (QED) is 0.245. The summed E-state index contributed by atoms with van der Waals surface area (Å²) < 4.78 is 0.777. The van der Waals surface area contributed by atoms with E-state index in [2.05, 4.69) is 22.3 Å². The second-order valence-corrected chi connectivity index (χ2v) is 11.3. The fourth-order valence-electron chi connectivity index (χ4n) is 5.69. The van der Waals surface area contributed by atoms with Crippen LogP contribution in [0.4, 0.5) is 0 Å². The average molecular weight is 527 g/mol. The zero-order valence-corrected chi connectivity index (χ0v) is 23.1. The van der Waals surface area contributed by atoms with Gasteiger partial charge in [0.25, 0.3) is 0 Å². The first-order valence-electron chi connectivity index (χ1n) is 14.3. The molecule has 0 unspecified atom stereocenters. The van der Waals surface area contributed by atoms with Crippen LogP contribution in [0.1, 0.15) is 63.4 Å².